The summed E-state index contributed by atoms with van der Waals surface area (Å²) in [7, 11) is 0. The molecule has 0 radical (unpaired) electrons. The zero-order chi connectivity index (χ0) is 16.0. The van der Waals surface area contributed by atoms with Crippen LogP contribution in [0.5, 0.6) is 5.75 Å². The fraction of sp³-hybridized carbons (Fsp3) is 0.250. The van der Waals surface area contributed by atoms with E-state index in [0.29, 0.717) is 10.2 Å². The lowest BCUT2D eigenvalue weighted by molar-refractivity contribution is -0.147. The molecule has 1 unspecified atom stereocenters. The maximum atomic E-state index is 11.6. The Kier molecular flexibility index (Phi) is 6.63. The van der Waals surface area contributed by atoms with E-state index in [1.54, 1.807) is 18.2 Å². The lowest BCUT2D eigenvalue weighted by Gasteiger charge is -2.13. The number of rotatable bonds is 7. The molecule has 9 heteroatoms. The molecule has 0 saturated carbocycles. The van der Waals surface area contributed by atoms with Crippen molar-refractivity contribution in [3.8, 4) is 5.75 Å². The molecule has 0 saturated heterocycles. The molecule has 1 rings (SSSR count). The quantitative estimate of drug-likeness (QED) is 0.613. The number of carbonyl (C=O) groups excluding carboxylic acids is 1. The molecule has 1 amide bonds. The van der Waals surface area contributed by atoms with Crippen molar-refractivity contribution in [2.45, 2.75) is 12.5 Å². The third-order valence-corrected chi connectivity index (χ3v) is 3.38. The molecular weight excluding hydrogens is 414 g/mol. The van der Waals surface area contributed by atoms with Crippen LogP contribution in [0, 0.1) is 0 Å². The van der Waals surface area contributed by atoms with Crippen molar-refractivity contribution in [1.29, 1.82) is 0 Å². The van der Waals surface area contributed by atoms with Crippen molar-refractivity contribution >= 4 is 49.7 Å². The molecule has 0 aliphatic heterocycles. The number of carbonyl (C=O) groups is 3. The zero-order valence-corrected chi connectivity index (χ0v) is 13.7. The lowest BCUT2D eigenvalue weighted by Crippen LogP contribution is -2.44. The Morgan fingerprint density at radius 2 is 1.90 bits per heavy atom. The number of aliphatic carboxylic acids is 2. The van der Waals surface area contributed by atoms with Crippen molar-refractivity contribution in [2.75, 3.05) is 6.61 Å². The number of hydrogen-bond acceptors (Lipinski definition) is 4. The van der Waals surface area contributed by atoms with Crippen LogP contribution >= 0.6 is 31.9 Å². The highest BCUT2D eigenvalue weighted by Crippen LogP contribution is 2.28. The van der Waals surface area contributed by atoms with Crippen LogP contribution in [0.25, 0.3) is 0 Å². The van der Waals surface area contributed by atoms with Crippen LogP contribution in [-0.4, -0.2) is 40.7 Å². The SMILES string of the molecule is O=C(O)CC(NC(=O)COc1ccc(Br)cc1Br)C(=O)O. The van der Waals surface area contributed by atoms with Gasteiger partial charge in [-0.25, -0.2) is 4.79 Å². The summed E-state index contributed by atoms with van der Waals surface area (Å²) in [6.07, 6.45) is -0.705. The largest absolute Gasteiger partial charge is 0.483 e. The maximum absolute atomic E-state index is 11.6. The summed E-state index contributed by atoms with van der Waals surface area (Å²) in [5, 5.41) is 19.4. The number of carboxylic acids is 2. The first-order chi connectivity index (χ1) is 9.79. The molecule has 0 aliphatic carbocycles. The van der Waals surface area contributed by atoms with Crippen LogP contribution < -0.4 is 10.1 Å². The predicted octanol–water partition coefficient (Wildman–Crippen LogP) is 1.63. The highest BCUT2D eigenvalue weighted by molar-refractivity contribution is 9.11. The second-order valence-corrected chi connectivity index (χ2v) is 5.69. The predicted molar refractivity (Wildman–Crippen MR) is 79.2 cm³/mol. The van der Waals surface area contributed by atoms with E-state index in [1.165, 1.54) is 0 Å². The summed E-state index contributed by atoms with van der Waals surface area (Å²) < 4.78 is 6.65. The minimum absolute atomic E-state index is 0.401. The van der Waals surface area contributed by atoms with Gasteiger partial charge in [0.2, 0.25) is 0 Å². The van der Waals surface area contributed by atoms with Crippen molar-refractivity contribution in [2.24, 2.45) is 0 Å². The van der Waals surface area contributed by atoms with Crippen molar-refractivity contribution in [1.82, 2.24) is 5.32 Å². The number of nitrogens with one attached hydrogen (secondary N) is 1. The van der Waals surface area contributed by atoms with Gasteiger partial charge in [-0.2, -0.15) is 0 Å². The van der Waals surface area contributed by atoms with Gasteiger partial charge in [-0.05, 0) is 34.1 Å². The van der Waals surface area contributed by atoms with Crippen LogP contribution in [0.4, 0.5) is 0 Å². The van der Waals surface area contributed by atoms with Gasteiger partial charge in [-0.3, -0.25) is 9.59 Å². The summed E-state index contributed by atoms with van der Waals surface area (Å²) in [5.41, 5.74) is 0. The fourth-order valence-corrected chi connectivity index (χ4v) is 2.51. The van der Waals surface area contributed by atoms with Crippen LogP contribution in [0.1, 0.15) is 6.42 Å². The summed E-state index contributed by atoms with van der Waals surface area (Å²) in [6, 6.07) is 3.56. The lowest BCUT2D eigenvalue weighted by atomic mass is 10.2. The fourth-order valence-electron chi connectivity index (χ4n) is 1.35. The van der Waals surface area contributed by atoms with E-state index in [9.17, 15) is 14.4 Å². The molecule has 0 spiro atoms. The molecule has 7 nitrogen and oxygen atoms in total. The molecule has 0 heterocycles. The number of benzene rings is 1. The van der Waals surface area contributed by atoms with E-state index >= 15 is 0 Å². The molecule has 0 aliphatic rings. The van der Waals surface area contributed by atoms with Gasteiger partial charge in [0.1, 0.15) is 11.8 Å². The third kappa shape index (κ3) is 6.13. The Labute approximate surface area is 136 Å². The maximum Gasteiger partial charge on any atom is 0.326 e. The molecule has 0 fully saturated rings. The minimum Gasteiger partial charge on any atom is -0.483 e. The van der Waals surface area contributed by atoms with Gasteiger partial charge >= 0.3 is 11.9 Å². The van der Waals surface area contributed by atoms with E-state index < -0.39 is 36.9 Å². The smallest absolute Gasteiger partial charge is 0.326 e. The Morgan fingerprint density at radius 3 is 2.43 bits per heavy atom. The first-order valence-corrected chi connectivity index (χ1v) is 7.20. The molecule has 114 valence electrons. The van der Waals surface area contributed by atoms with Gasteiger partial charge in [-0.1, -0.05) is 15.9 Å². The first kappa shape index (κ1) is 17.4. The van der Waals surface area contributed by atoms with Crippen LogP contribution in [0.15, 0.2) is 27.1 Å². The minimum atomic E-state index is -1.49. The van der Waals surface area contributed by atoms with Gasteiger partial charge in [0.25, 0.3) is 5.91 Å². The number of halogens is 2. The number of amides is 1. The summed E-state index contributed by atoms with van der Waals surface area (Å²) >= 11 is 6.51. The topological polar surface area (TPSA) is 113 Å². The van der Waals surface area contributed by atoms with Gasteiger partial charge in [0, 0.05) is 4.47 Å². The average Bonchev–Trinajstić information content (AvgIpc) is 2.36. The number of carboxylic acid groups (broad SMARTS) is 2. The zero-order valence-electron chi connectivity index (χ0n) is 10.5. The van der Waals surface area contributed by atoms with Gasteiger partial charge in [0.15, 0.2) is 6.61 Å². The molecule has 0 aromatic heterocycles. The second kappa shape index (κ2) is 7.99. The van der Waals surface area contributed by atoms with Crippen LogP contribution in [0.2, 0.25) is 0 Å². The standard InChI is InChI=1S/C12H11Br2NO6/c13-6-1-2-9(7(14)3-6)21-5-10(16)15-8(12(19)20)4-11(17)18/h1-3,8H,4-5H2,(H,15,16)(H,17,18)(H,19,20). The van der Waals surface area contributed by atoms with Crippen molar-refractivity contribution < 1.29 is 29.3 Å². The molecule has 21 heavy (non-hydrogen) atoms. The number of hydrogen-bond donors (Lipinski definition) is 3. The van der Waals surface area contributed by atoms with E-state index in [-0.39, 0.29) is 0 Å². The third-order valence-electron chi connectivity index (χ3n) is 2.26. The Bertz CT molecular complexity index is 563. The van der Waals surface area contributed by atoms with Gasteiger partial charge < -0.3 is 20.3 Å². The molecule has 1 aromatic rings. The molecular formula is C12H11Br2NO6. The molecule has 1 atom stereocenters. The molecule has 1 aromatic carbocycles. The van der Waals surface area contributed by atoms with E-state index in [4.69, 9.17) is 14.9 Å². The van der Waals surface area contributed by atoms with E-state index in [2.05, 4.69) is 37.2 Å². The summed E-state index contributed by atoms with van der Waals surface area (Å²) in [4.78, 5) is 32.9. The van der Waals surface area contributed by atoms with E-state index in [0.717, 1.165) is 4.47 Å². The molecule has 0 bridgehead atoms. The Morgan fingerprint density at radius 1 is 1.24 bits per heavy atom. The Hall–Kier alpha value is -1.61. The van der Waals surface area contributed by atoms with Crippen molar-refractivity contribution in [3.05, 3.63) is 27.1 Å². The van der Waals surface area contributed by atoms with Gasteiger partial charge in [0.05, 0.1) is 10.9 Å². The molecule has 3 N–H and O–H groups in total. The highest BCUT2D eigenvalue weighted by atomic mass is 79.9. The van der Waals surface area contributed by atoms with Crippen LogP contribution in [-0.2, 0) is 14.4 Å². The van der Waals surface area contributed by atoms with Crippen LogP contribution in [0.3, 0.4) is 0 Å². The average molecular weight is 425 g/mol. The Balaban J connectivity index is 2.56. The van der Waals surface area contributed by atoms with Crippen molar-refractivity contribution in [3.63, 3.8) is 0 Å². The van der Waals surface area contributed by atoms with E-state index in [1.807, 2.05) is 0 Å². The highest BCUT2D eigenvalue weighted by Gasteiger charge is 2.23. The normalized spacial score (nSPS) is 11.5. The second-order valence-electron chi connectivity index (χ2n) is 3.92. The number of ether oxygens (including phenoxy) is 1. The van der Waals surface area contributed by atoms with Gasteiger partial charge in [-0.15, -0.1) is 0 Å². The summed E-state index contributed by atoms with van der Waals surface area (Å²) in [5.74, 6) is -3.06. The summed E-state index contributed by atoms with van der Waals surface area (Å²) in [6.45, 7) is -0.427. The first-order valence-electron chi connectivity index (χ1n) is 5.61. The monoisotopic (exact) mass is 423 g/mol.